The van der Waals surface area contributed by atoms with Crippen LogP contribution in [0.5, 0.6) is 5.75 Å². The van der Waals surface area contributed by atoms with E-state index in [0.717, 1.165) is 5.56 Å². The normalized spacial score (nSPS) is 15.2. The molecule has 2 aromatic carbocycles. The van der Waals surface area contributed by atoms with E-state index in [1.807, 2.05) is 51.1 Å². The maximum atomic E-state index is 13.8. The summed E-state index contributed by atoms with van der Waals surface area (Å²) < 4.78 is 32.4. The summed E-state index contributed by atoms with van der Waals surface area (Å²) in [6.45, 7) is 8.85. The van der Waals surface area contributed by atoms with E-state index >= 15 is 0 Å². The van der Waals surface area contributed by atoms with Gasteiger partial charge in [-0.1, -0.05) is 65.0 Å². The lowest BCUT2D eigenvalue weighted by atomic mass is 9.83. The number of amides is 2. The van der Waals surface area contributed by atoms with E-state index in [-0.39, 0.29) is 36.2 Å². The highest BCUT2D eigenvalue weighted by Crippen LogP contribution is 2.29. The van der Waals surface area contributed by atoms with Crippen molar-refractivity contribution in [2.24, 2.45) is 17.1 Å². The quantitative estimate of drug-likeness (QED) is 0.281. The summed E-state index contributed by atoms with van der Waals surface area (Å²) in [7, 11) is 1.14. The molecule has 2 rings (SSSR count). The monoisotopic (exact) mass is 604 g/mol. The van der Waals surface area contributed by atoms with Gasteiger partial charge in [-0.25, -0.2) is 8.42 Å². The zero-order valence-electron chi connectivity index (χ0n) is 26.1. The van der Waals surface area contributed by atoms with Crippen molar-refractivity contribution < 1.29 is 27.9 Å². The molecule has 0 aliphatic carbocycles. The van der Waals surface area contributed by atoms with Crippen LogP contribution in [0.4, 0.5) is 0 Å². The van der Waals surface area contributed by atoms with Gasteiger partial charge in [0.05, 0.1) is 30.7 Å². The van der Waals surface area contributed by atoms with Gasteiger partial charge in [0.25, 0.3) is 0 Å². The number of carbonyl (C=O) groups excluding carboxylic acids is 2. The molecule has 42 heavy (non-hydrogen) atoms. The average Bonchev–Trinajstić information content (AvgIpc) is 2.89. The fourth-order valence-electron chi connectivity index (χ4n) is 5.12. The van der Waals surface area contributed by atoms with Crippen LogP contribution >= 0.6 is 0 Å². The molecule has 10 nitrogen and oxygen atoms in total. The van der Waals surface area contributed by atoms with E-state index in [4.69, 9.17) is 10.5 Å². The molecule has 4 atom stereocenters. The smallest absolute Gasteiger partial charge is 0.240 e. The van der Waals surface area contributed by atoms with Gasteiger partial charge in [0.2, 0.25) is 11.8 Å². The average molecular weight is 605 g/mol. The number of aliphatic hydroxyl groups is 1. The minimum absolute atomic E-state index is 0.00817. The molecule has 4 N–H and O–H groups in total. The zero-order chi connectivity index (χ0) is 31.8. The van der Waals surface area contributed by atoms with Crippen LogP contribution in [0.2, 0.25) is 0 Å². The minimum atomic E-state index is -3.85. The van der Waals surface area contributed by atoms with Crippen molar-refractivity contribution in [3.8, 4) is 5.75 Å². The number of primary amides is 1. The van der Waals surface area contributed by atoms with Crippen molar-refractivity contribution in [1.82, 2.24) is 15.1 Å². The molecule has 0 saturated heterocycles. The predicted molar refractivity (Wildman–Crippen MR) is 165 cm³/mol. The number of nitrogens with one attached hydrogen (secondary N) is 1. The van der Waals surface area contributed by atoms with Crippen molar-refractivity contribution in [2.75, 3.05) is 34.3 Å². The number of hydrogen-bond acceptors (Lipinski definition) is 8. The highest BCUT2D eigenvalue weighted by atomic mass is 32.2. The Labute approximate surface area is 251 Å². The number of carbonyl (C=O) groups is 2. The van der Waals surface area contributed by atoms with Crippen LogP contribution in [0.25, 0.3) is 0 Å². The minimum Gasteiger partial charge on any atom is -0.497 e. The first-order chi connectivity index (χ1) is 19.5. The Bertz CT molecular complexity index is 1260. The highest BCUT2D eigenvalue weighted by Gasteiger charge is 2.44. The van der Waals surface area contributed by atoms with Gasteiger partial charge in [-0.3, -0.25) is 14.9 Å². The summed E-state index contributed by atoms with van der Waals surface area (Å²) in [5, 5.41) is 13.8. The first kappa shape index (κ1) is 35.2. The lowest BCUT2D eigenvalue weighted by Gasteiger charge is -2.45. The zero-order valence-corrected chi connectivity index (χ0v) is 26.9. The van der Waals surface area contributed by atoms with E-state index in [1.165, 1.54) is 24.1 Å². The molecule has 0 bridgehead atoms. The number of methoxy groups -OCH3 is 1. The first-order valence-electron chi connectivity index (χ1n) is 14.1. The number of rotatable bonds is 15. The predicted octanol–water partition coefficient (Wildman–Crippen LogP) is 2.30. The van der Waals surface area contributed by atoms with Crippen molar-refractivity contribution in [3.63, 3.8) is 0 Å². The van der Waals surface area contributed by atoms with Gasteiger partial charge in [0.15, 0.2) is 9.84 Å². The number of ether oxygens (including phenoxy) is 1. The fraction of sp³-hybridized carbons (Fsp3) is 0.548. The van der Waals surface area contributed by atoms with Crippen LogP contribution < -0.4 is 15.8 Å². The molecule has 2 amide bonds. The van der Waals surface area contributed by atoms with E-state index in [9.17, 15) is 23.1 Å². The molecule has 0 aliphatic heterocycles. The van der Waals surface area contributed by atoms with E-state index in [0.29, 0.717) is 5.75 Å². The number of sulfone groups is 1. The van der Waals surface area contributed by atoms with E-state index in [2.05, 4.69) is 5.32 Å². The molecule has 0 fully saturated rings. The third-order valence-electron chi connectivity index (χ3n) is 7.05. The van der Waals surface area contributed by atoms with Crippen molar-refractivity contribution in [2.45, 2.75) is 69.5 Å². The lowest BCUT2D eigenvalue weighted by molar-refractivity contribution is -0.150. The van der Waals surface area contributed by atoms with Crippen LogP contribution in [0, 0.1) is 11.3 Å². The molecule has 0 aliphatic rings. The largest absolute Gasteiger partial charge is 0.497 e. The van der Waals surface area contributed by atoms with Crippen LogP contribution in [-0.2, 0) is 25.8 Å². The van der Waals surface area contributed by atoms with Crippen molar-refractivity contribution in [1.29, 1.82) is 0 Å². The van der Waals surface area contributed by atoms with Gasteiger partial charge in [0, 0.05) is 6.54 Å². The van der Waals surface area contributed by atoms with Gasteiger partial charge in [-0.15, -0.1) is 0 Å². The second kappa shape index (κ2) is 15.0. The Hall–Kier alpha value is -2.99. The summed E-state index contributed by atoms with van der Waals surface area (Å²) in [4.78, 5) is 29.9. The maximum Gasteiger partial charge on any atom is 0.240 e. The standard InChI is InChI=1S/C31H48N4O6S/c1-21(2)30(42(39,40)24-16-14-23(41-8)15-17-24)33-19-26(36)25(18-22-12-10-9-11-13-22)35(27(37)20-34(6)7)28(29(32)38)31(3,4)5/h9-17,21,25-26,28,30,33,36H,18-20H2,1-8H3,(H2,32,38)/t25?,26?,28-,30?/m1/s1. The first-order valence-corrected chi connectivity index (χ1v) is 15.6. The maximum absolute atomic E-state index is 13.8. The Balaban J connectivity index is 2.53. The lowest BCUT2D eigenvalue weighted by Crippen LogP contribution is -2.63. The molecular weight excluding hydrogens is 556 g/mol. The molecule has 0 aromatic heterocycles. The Kier molecular flexibility index (Phi) is 12.5. The Morgan fingerprint density at radius 3 is 2.05 bits per heavy atom. The van der Waals surface area contributed by atoms with Gasteiger partial charge in [0.1, 0.15) is 17.2 Å². The topological polar surface area (TPSA) is 142 Å². The third kappa shape index (κ3) is 9.26. The highest BCUT2D eigenvalue weighted by molar-refractivity contribution is 7.92. The van der Waals surface area contributed by atoms with Crippen LogP contribution in [-0.4, -0.2) is 93.0 Å². The number of benzene rings is 2. The fourth-order valence-corrected chi connectivity index (χ4v) is 6.96. The number of aliphatic hydroxyl groups excluding tert-OH is 1. The summed E-state index contributed by atoms with van der Waals surface area (Å²) in [5.74, 6) is -0.872. The molecule has 0 spiro atoms. The molecule has 234 valence electrons. The van der Waals surface area contributed by atoms with Gasteiger partial charge in [-0.05, 0) is 61.7 Å². The van der Waals surface area contributed by atoms with Gasteiger partial charge < -0.3 is 25.4 Å². The molecule has 0 heterocycles. The van der Waals surface area contributed by atoms with Crippen LogP contribution in [0.3, 0.4) is 0 Å². The van der Waals surface area contributed by atoms with Crippen LogP contribution in [0.15, 0.2) is 59.5 Å². The Morgan fingerprint density at radius 2 is 1.60 bits per heavy atom. The second-order valence-corrected chi connectivity index (χ2v) is 14.4. The summed E-state index contributed by atoms with van der Waals surface area (Å²) in [5.41, 5.74) is 5.99. The third-order valence-corrected chi connectivity index (χ3v) is 9.36. The number of nitrogens with zero attached hydrogens (tertiary/aromatic N) is 2. The molecule has 3 unspecified atom stereocenters. The number of nitrogens with two attached hydrogens (primary N) is 1. The Morgan fingerprint density at radius 1 is 1.02 bits per heavy atom. The molecule has 11 heteroatoms. The number of hydrogen-bond donors (Lipinski definition) is 3. The van der Waals surface area contributed by atoms with Crippen LogP contribution in [0.1, 0.15) is 40.2 Å². The number of likely N-dealkylation sites (N-methyl/N-ethyl adjacent to an activating group) is 1. The summed E-state index contributed by atoms with van der Waals surface area (Å²) >= 11 is 0. The summed E-state index contributed by atoms with van der Waals surface area (Å²) in [6.07, 6.45) is -1.02. The van der Waals surface area contributed by atoms with Crippen molar-refractivity contribution in [3.05, 3.63) is 60.2 Å². The van der Waals surface area contributed by atoms with E-state index < -0.39 is 44.7 Å². The second-order valence-electron chi connectivity index (χ2n) is 12.3. The SMILES string of the molecule is COc1ccc(S(=O)(=O)C(NCC(O)C(Cc2ccccc2)N(C(=O)CN(C)C)[C@H](C(N)=O)C(C)(C)C)C(C)C)cc1. The molecule has 0 saturated carbocycles. The molecule has 2 aromatic rings. The van der Waals surface area contributed by atoms with E-state index in [1.54, 1.807) is 45.0 Å². The van der Waals surface area contributed by atoms with Crippen molar-refractivity contribution >= 4 is 21.7 Å². The van der Waals surface area contributed by atoms with Gasteiger partial charge >= 0.3 is 0 Å². The molecule has 0 radical (unpaired) electrons. The molecular formula is C31H48N4O6S. The summed E-state index contributed by atoms with van der Waals surface area (Å²) in [6, 6.07) is 13.6. The van der Waals surface area contributed by atoms with Gasteiger partial charge in [-0.2, -0.15) is 0 Å².